The second kappa shape index (κ2) is 6.57. The van der Waals surface area contributed by atoms with Crippen molar-refractivity contribution < 1.29 is 24.5 Å². The topological polar surface area (TPSA) is 102 Å². The van der Waals surface area contributed by atoms with Crippen molar-refractivity contribution >= 4 is 17.5 Å². The van der Waals surface area contributed by atoms with E-state index < -0.39 is 17.5 Å². The normalized spacial score (nSPS) is 11.2. The lowest BCUT2D eigenvalue weighted by Gasteiger charge is -2.03. The third-order valence-corrected chi connectivity index (χ3v) is 2.89. The van der Waals surface area contributed by atoms with Gasteiger partial charge in [-0.2, -0.15) is 5.10 Å². The minimum Gasteiger partial charge on any atom is -0.505 e. The molecule has 0 bridgehead atoms. The zero-order chi connectivity index (χ0) is 16.1. The first kappa shape index (κ1) is 15.3. The Labute approximate surface area is 126 Å². The number of ether oxygens (including phenoxy) is 1. The Bertz CT molecular complexity index is 716. The highest BCUT2D eigenvalue weighted by molar-refractivity contribution is 6.38. The number of benzene rings is 1. The van der Waals surface area contributed by atoms with E-state index in [1.807, 2.05) is 24.3 Å². The molecule has 2 rings (SSSR count). The highest BCUT2D eigenvalue weighted by Crippen LogP contribution is 2.13. The SMILES string of the molecule is COc1ccc(Cn2ccc(C(O)=CC(=O)C(=O)O)n2)cc1. The molecule has 0 saturated carbocycles. The van der Waals surface area contributed by atoms with Crippen LogP contribution in [0, 0.1) is 0 Å². The van der Waals surface area contributed by atoms with Gasteiger partial charge in [0.15, 0.2) is 0 Å². The number of ketones is 1. The maximum atomic E-state index is 11.0. The number of carbonyl (C=O) groups excluding carboxylic acids is 1. The Kier molecular flexibility index (Phi) is 4.57. The maximum Gasteiger partial charge on any atom is 0.376 e. The van der Waals surface area contributed by atoms with Crippen LogP contribution in [0.15, 0.2) is 42.6 Å². The molecule has 2 N–H and O–H groups in total. The molecule has 1 aromatic heterocycles. The smallest absolute Gasteiger partial charge is 0.376 e. The number of aliphatic hydroxyl groups excluding tert-OH is 1. The predicted molar refractivity (Wildman–Crippen MR) is 77.6 cm³/mol. The van der Waals surface area contributed by atoms with Gasteiger partial charge in [0, 0.05) is 12.3 Å². The monoisotopic (exact) mass is 302 g/mol. The van der Waals surface area contributed by atoms with E-state index in [0.717, 1.165) is 11.3 Å². The molecule has 1 aromatic carbocycles. The van der Waals surface area contributed by atoms with Gasteiger partial charge in [0.2, 0.25) is 0 Å². The van der Waals surface area contributed by atoms with Gasteiger partial charge in [0.05, 0.1) is 13.7 Å². The molecule has 0 aliphatic heterocycles. The van der Waals surface area contributed by atoms with Gasteiger partial charge < -0.3 is 14.9 Å². The molecule has 0 saturated heterocycles. The van der Waals surface area contributed by atoms with E-state index in [-0.39, 0.29) is 5.69 Å². The van der Waals surface area contributed by atoms with E-state index >= 15 is 0 Å². The average molecular weight is 302 g/mol. The molecule has 2 aromatic rings. The van der Waals surface area contributed by atoms with Crippen LogP contribution in [0.3, 0.4) is 0 Å². The van der Waals surface area contributed by atoms with Crippen LogP contribution in [-0.4, -0.2) is 38.9 Å². The van der Waals surface area contributed by atoms with Crippen molar-refractivity contribution in [3.63, 3.8) is 0 Å². The minimum absolute atomic E-state index is 0.128. The fraction of sp³-hybridized carbons (Fsp3) is 0.133. The molecular formula is C15H14N2O5. The van der Waals surface area contributed by atoms with Crippen LogP contribution >= 0.6 is 0 Å². The number of nitrogens with zero attached hydrogens (tertiary/aromatic N) is 2. The molecule has 0 aliphatic rings. The summed E-state index contributed by atoms with van der Waals surface area (Å²) < 4.78 is 6.63. The first-order valence-corrected chi connectivity index (χ1v) is 6.34. The third kappa shape index (κ3) is 3.72. The third-order valence-electron chi connectivity index (χ3n) is 2.89. The second-order valence-electron chi connectivity index (χ2n) is 4.45. The van der Waals surface area contributed by atoms with Crippen molar-refractivity contribution in [3.05, 3.63) is 53.9 Å². The van der Waals surface area contributed by atoms with E-state index in [0.29, 0.717) is 12.6 Å². The Balaban J connectivity index is 2.10. The average Bonchev–Trinajstić information content (AvgIpc) is 2.96. The number of carboxylic acid groups (broad SMARTS) is 1. The Morgan fingerprint density at radius 3 is 2.50 bits per heavy atom. The predicted octanol–water partition coefficient (Wildman–Crippen LogP) is 1.49. The van der Waals surface area contributed by atoms with Crippen LogP contribution in [0.1, 0.15) is 11.3 Å². The standard InChI is InChI=1S/C15H14N2O5/c1-22-11-4-2-10(3-5-11)9-17-7-6-12(16-17)13(18)8-14(19)15(20)21/h2-8,18H,9H2,1H3,(H,20,21). The van der Waals surface area contributed by atoms with Crippen molar-refractivity contribution in [2.24, 2.45) is 0 Å². The Hall–Kier alpha value is -3.09. The lowest BCUT2D eigenvalue weighted by molar-refractivity contribution is -0.146. The summed E-state index contributed by atoms with van der Waals surface area (Å²) in [5.41, 5.74) is 1.10. The van der Waals surface area contributed by atoms with E-state index in [9.17, 15) is 14.7 Å². The molecule has 0 radical (unpaired) electrons. The number of hydrogen-bond donors (Lipinski definition) is 2. The van der Waals surface area contributed by atoms with E-state index in [4.69, 9.17) is 9.84 Å². The number of methoxy groups -OCH3 is 1. The van der Waals surface area contributed by atoms with Crippen LogP contribution in [0.4, 0.5) is 0 Å². The highest BCUT2D eigenvalue weighted by atomic mass is 16.5. The van der Waals surface area contributed by atoms with Gasteiger partial charge in [-0.05, 0) is 23.8 Å². The molecule has 0 aliphatic carbocycles. The van der Waals surface area contributed by atoms with Crippen molar-refractivity contribution in [2.45, 2.75) is 6.54 Å². The lowest BCUT2D eigenvalue weighted by atomic mass is 10.2. The number of aliphatic hydroxyl groups is 1. The zero-order valence-electron chi connectivity index (χ0n) is 11.8. The van der Waals surface area contributed by atoms with Crippen LogP contribution in [0.5, 0.6) is 5.75 Å². The molecule has 0 spiro atoms. The Morgan fingerprint density at radius 2 is 1.91 bits per heavy atom. The first-order valence-electron chi connectivity index (χ1n) is 6.34. The fourth-order valence-electron chi connectivity index (χ4n) is 1.76. The van der Waals surface area contributed by atoms with Gasteiger partial charge in [-0.25, -0.2) is 4.79 Å². The summed E-state index contributed by atoms with van der Waals surface area (Å²) in [5, 5.41) is 22.2. The van der Waals surface area contributed by atoms with Crippen molar-refractivity contribution in [1.29, 1.82) is 0 Å². The molecular weight excluding hydrogens is 288 g/mol. The summed E-state index contributed by atoms with van der Waals surface area (Å²) in [6, 6.07) is 8.89. The molecule has 0 unspecified atom stereocenters. The summed E-state index contributed by atoms with van der Waals surface area (Å²) in [4.78, 5) is 21.4. The van der Waals surface area contributed by atoms with Crippen LogP contribution in [0.25, 0.3) is 5.76 Å². The molecule has 114 valence electrons. The van der Waals surface area contributed by atoms with Crippen LogP contribution in [0.2, 0.25) is 0 Å². The zero-order valence-corrected chi connectivity index (χ0v) is 11.8. The van der Waals surface area contributed by atoms with Gasteiger partial charge >= 0.3 is 5.97 Å². The quantitative estimate of drug-likeness (QED) is 0.476. The number of carbonyl (C=O) groups is 2. The Morgan fingerprint density at radius 1 is 1.23 bits per heavy atom. The molecule has 1 heterocycles. The molecule has 0 fully saturated rings. The van der Waals surface area contributed by atoms with Crippen molar-refractivity contribution in [1.82, 2.24) is 9.78 Å². The highest BCUT2D eigenvalue weighted by Gasteiger charge is 2.12. The number of aliphatic carboxylic acids is 1. The summed E-state index contributed by atoms with van der Waals surface area (Å²) >= 11 is 0. The lowest BCUT2D eigenvalue weighted by Crippen LogP contribution is -2.09. The van der Waals surface area contributed by atoms with Gasteiger partial charge in [0.25, 0.3) is 5.78 Å². The molecule has 22 heavy (non-hydrogen) atoms. The van der Waals surface area contributed by atoms with E-state index in [1.165, 1.54) is 6.07 Å². The van der Waals surface area contributed by atoms with E-state index in [1.54, 1.807) is 18.0 Å². The number of carboxylic acids is 1. The molecule has 0 amide bonds. The summed E-state index contributed by atoms with van der Waals surface area (Å²) in [6.07, 6.45) is 2.25. The maximum absolute atomic E-state index is 11.0. The minimum atomic E-state index is -1.63. The van der Waals surface area contributed by atoms with Gasteiger partial charge in [-0.3, -0.25) is 9.48 Å². The van der Waals surface area contributed by atoms with Crippen LogP contribution < -0.4 is 4.74 Å². The van der Waals surface area contributed by atoms with Crippen molar-refractivity contribution in [2.75, 3.05) is 7.11 Å². The molecule has 0 atom stereocenters. The first-order chi connectivity index (χ1) is 10.5. The molecule has 7 heteroatoms. The number of aromatic nitrogens is 2. The molecule has 7 nitrogen and oxygen atoms in total. The van der Waals surface area contributed by atoms with Gasteiger partial charge in [-0.1, -0.05) is 12.1 Å². The van der Waals surface area contributed by atoms with Gasteiger partial charge in [0.1, 0.15) is 17.2 Å². The van der Waals surface area contributed by atoms with E-state index in [2.05, 4.69) is 5.10 Å². The summed E-state index contributed by atoms with van der Waals surface area (Å²) in [6.45, 7) is 0.462. The largest absolute Gasteiger partial charge is 0.505 e. The summed E-state index contributed by atoms with van der Waals surface area (Å²) in [7, 11) is 1.59. The fourth-order valence-corrected chi connectivity index (χ4v) is 1.76. The summed E-state index contributed by atoms with van der Waals surface area (Å²) in [5.74, 6) is -2.58. The van der Waals surface area contributed by atoms with Gasteiger partial charge in [-0.15, -0.1) is 0 Å². The van der Waals surface area contributed by atoms with Crippen molar-refractivity contribution in [3.8, 4) is 5.75 Å². The second-order valence-corrected chi connectivity index (χ2v) is 4.45. The van der Waals surface area contributed by atoms with Crippen LogP contribution in [-0.2, 0) is 16.1 Å². The number of rotatable bonds is 6. The number of hydrogen-bond acceptors (Lipinski definition) is 5.